The SMILES string of the molecule is CCNC(CC)CS(=O)c1ccc(OC)cc1. The fourth-order valence-electron chi connectivity index (χ4n) is 1.62. The van der Waals surface area contributed by atoms with Crippen LogP contribution in [0.15, 0.2) is 29.2 Å². The summed E-state index contributed by atoms with van der Waals surface area (Å²) in [7, 11) is 0.686. The maximum atomic E-state index is 12.1. The van der Waals surface area contributed by atoms with Crippen molar-refractivity contribution in [3.8, 4) is 5.75 Å². The molecule has 0 aliphatic heterocycles. The molecule has 1 rings (SSSR count). The summed E-state index contributed by atoms with van der Waals surface area (Å²) in [6.45, 7) is 5.09. The second-order valence-corrected chi connectivity index (χ2v) is 5.35. The molecule has 96 valence electrons. The average Bonchev–Trinajstić information content (AvgIpc) is 2.38. The van der Waals surface area contributed by atoms with Gasteiger partial charge in [0.15, 0.2) is 0 Å². The van der Waals surface area contributed by atoms with E-state index < -0.39 is 10.8 Å². The first-order valence-corrected chi connectivity index (χ1v) is 7.29. The van der Waals surface area contributed by atoms with Crippen LogP contribution in [0.5, 0.6) is 5.75 Å². The smallest absolute Gasteiger partial charge is 0.118 e. The number of nitrogens with one attached hydrogen (secondary N) is 1. The van der Waals surface area contributed by atoms with Gasteiger partial charge >= 0.3 is 0 Å². The highest BCUT2D eigenvalue weighted by molar-refractivity contribution is 7.85. The summed E-state index contributed by atoms with van der Waals surface area (Å²) in [5.41, 5.74) is 0. The maximum absolute atomic E-state index is 12.1. The van der Waals surface area contributed by atoms with Gasteiger partial charge in [0, 0.05) is 16.7 Å². The van der Waals surface area contributed by atoms with Gasteiger partial charge in [-0.3, -0.25) is 4.21 Å². The third-order valence-corrected chi connectivity index (χ3v) is 4.16. The third-order valence-electron chi connectivity index (χ3n) is 2.66. The number of hydrogen-bond acceptors (Lipinski definition) is 3. The Bertz CT molecular complexity index is 351. The molecule has 4 heteroatoms. The van der Waals surface area contributed by atoms with Crippen LogP contribution >= 0.6 is 0 Å². The van der Waals surface area contributed by atoms with Gasteiger partial charge in [-0.05, 0) is 37.2 Å². The molecule has 0 aromatic heterocycles. The van der Waals surface area contributed by atoms with E-state index in [0.29, 0.717) is 11.8 Å². The summed E-state index contributed by atoms with van der Waals surface area (Å²) >= 11 is 0. The molecule has 0 radical (unpaired) electrons. The van der Waals surface area contributed by atoms with Gasteiger partial charge in [0.25, 0.3) is 0 Å². The Balaban J connectivity index is 2.62. The van der Waals surface area contributed by atoms with E-state index in [1.165, 1.54) is 0 Å². The first-order valence-electron chi connectivity index (χ1n) is 5.97. The molecule has 2 atom stereocenters. The van der Waals surface area contributed by atoms with E-state index in [0.717, 1.165) is 23.6 Å². The highest BCUT2D eigenvalue weighted by Gasteiger charge is 2.11. The molecule has 2 unspecified atom stereocenters. The highest BCUT2D eigenvalue weighted by atomic mass is 32.2. The van der Waals surface area contributed by atoms with Gasteiger partial charge in [0.2, 0.25) is 0 Å². The summed E-state index contributed by atoms with van der Waals surface area (Å²) < 4.78 is 17.2. The zero-order valence-electron chi connectivity index (χ0n) is 10.7. The minimum atomic E-state index is -0.943. The highest BCUT2D eigenvalue weighted by Crippen LogP contribution is 2.15. The molecule has 0 aliphatic carbocycles. The molecule has 0 amide bonds. The van der Waals surface area contributed by atoms with Gasteiger partial charge in [-0.25, -0.2) is 0 Å². The lowest BCUT2D eigenvalue weighted by atomic mass is 10.2. The Kier molecular flexibility index (Phi) is 6.22. The van der Waals surface area contributed by atoms with Gasteiger partial charge < -0.3 is 10.1 Å². The minimum Gasteiger partial charge on any atom is -0.497 e. The number of rotatable bonds is 7. The molecule has 0 saturated heterocycles. The molecule has 3 nitrogen and oxygen atoms in total. The standard InChI is InChI=1S/C13H21NO2S/c1-4-11(14-5-2)10-17(15)13-8-6-12(16-3)7-9-13/h6-9,11,14H,4-5,10H2,1-3H3. The van der Waals surface area contributed by atoms with E-state index in [1.807, 2.05) is 24.3 Å². The van der Waals surface area contributed by atoms with E-state index in [4.69, 9.17) is 4.74 Å². The molecule has 0 saturated carbocycles. The fraction of sp³-hybridized carbons (Fsp3) is 0.538. The second-order valence-electron chi connectivity index (χ2n) is 3.85. The van der Waals surface area contributed by atoms with Crippen molar-refractivity contribution >= 4 is 10.8 Å². The normalized spacial score (nSPS) is 14.3. The van der Waals surface area contributed by atoms with Gasteiger partial charge in [-0.1, -0.05) is 13.8 Å². The number of ether oxygens (including phenoxy) is 1. The molecule has 0 fully saturated rings. The minimum absolute atomic E-state index is 0.322. The maximum Gasteiger partial charge on any atom is 0.118 e. The molecule has 1 N–H and O–H groups in total. The Hall–Kier alpha value is -0.870. The molecule has 17 heavy (non-hydrogen) atoms. The van der Waals surface area contributed by atoms with Crippen LogP contribution in [-0.4, -0.2) is 29.7 Å². The van der Waals surface area contributed by atoms with Crippen LogP contribution in [0.25, 0.3) is 0 Å². The summed E-state index contributed by atoms with van der Waals surface area (Å²) in [5.74, 6) is 1.46. The lowest BCUT2D eigenvalue weighted by Gasteiger charge is -2.15. The van der Waals surface area contributed by atoms with Crippen molar-refractivity contribution in [2.75, 3.05) is 19.4 Å². The summed E-state index contributed by atoms with van der Waals surface area (Å²) in [6.07, 6.45) is 0.996. The van der Waals surface area contributed by atoms with E-state index in [2.05, 4.69) is 19.2 Å². The van der Waals surface area contributed by atoms with Gasteiger partial charge in [0.1, 0.15) is 5.75 Å². The zero-order chi connectivity index (χ0) is 12.7. The van der Waals surface area contributed by atoms with E-state index >= 15 is 0 Å². The molecule has 0 aliphatic rings. The molecule has 1 aromatic carbocycles. The van der Waals surface area contributed by atoms with Crippen LogP contribution < -0.4 is 10.1 Å². The van der Waals surface area contributed by atoms with Crippen molar-refractivity contribution in [1.29, 1.82) is 0 Å². The number of methoxy groups -OCH3 is 1. The molecule has 1 aromatic rings. The van der Waals surface area contributed by atoms with Crippen LogP contribution in [0, 0.1) is 0 Å². The van der Waals surface area contributed by atoms with Crippen LogP contribution in [0.4, 0.5) is 0 Å². The lowest BCUT2D eigenvalue weighted by molar-refractivity contribution is 0.414. The summed E-state index contributed by atoms with van der Waals surface area (Å²) in [5, 5.41) is 3.34. The predicted octanol–water partition coefficient (Wildman–Crippen LogP) is 2.19. The van der Waals surface area contributed by atoms with Crippen molar-refractivity contribution in [2.24, 2.45) is 0 Å². The molecular weight excluding hydrogens is 234 g/mol. The second kappa shape index (κ2) is 7.45. The van der Waals surface area contributed by atoms with Crippen LogP contribution in [0.2, 0.25) is 0 Å². The van der Waals surface area contributed by atoms with Crippen molar-refractivity contribution in [3.63, 3.8) is 0 Å². The Morgan fingerprint density at radius 3 is 2.41 bits per heavy atom. The topological polar surface area (TPSA) is 38.3 Å². The van der Waals surface area contributed by atoms with Crippen molar-refractivity contribution in [2.45, 2.75) is 31.2 Å². The van der Waals surface area contributed by atoms with E-state index in [-0.39, 0.29) is 0 Å². The average molecular weight is 255 g/mol. The van der Waals surface area contributed by atoms with Crippen LogP contribution in [-0.2, 0) is 10.8 Å². The zero-order valence-corrected chi connectivity index (χ0v) is 11.5. The molecule has 0 spiro atoms. The van der Waals surface area contributed by atoms with Crippen LogP contribution in [0.1, 0.15) is 20.3 Å². The lowest BCUT2D eigenvalue weighted by Crippen LogP contribution is -2.33. The van der Waals surface area contributed by atoms with Crippen molar-refractivity contribution in [1.82, 2.24) is 5.32 Å². The summed E-state index contributed by atoms with van der Waals surface area (Å²) in [6, 6.07) is 7.76. The fourth-order valence-corrected chi connectivity index (χ4v) is 2.97. The molecule has 0 bridgehead atoms. The first kappa shape index (κ1) is 14.2. The quantitative estimate of drug-likeness (QED) is 0.811. The van der Waals surface area contributed by atoms with Crippen molar-refractivity contribution in [3.05, 3.63) is 24.3 Å². The van der Waals surface area contributed by atoms with Crippen molar-refractivity contribution < 1.29 is 8.95 Å². The Morgan fingerprint density at radius 1 is 1.29 bits per heavy atom. The number of benzene rings is 1. The number of hydrogen-bond donors (Lipinski definition) is 1. The predicted molar refractivity (Wildman–Crippen MR) is 72.0 cm³/mol. The van der Waals surface area contributed by atoms with Gasteiger partial charge in [-0.15, -0.1) is 0 Å². The first-order chi connectivity index (χ1) is 8.21. The van der Waals surface area contributed by atoms with Crippen LogP contribution in [0.3, 0.4) is 0 Å². The largest absolute Gasteiger partial charge is 0.497 e. The van der Waals surface area contributed by atoms with E-state index in [1.54, 1.807) is 7.11 Å². The molecular formula is C13H21NO2S. The Morgan fingerprint density at radius 2 is 1.94 bits per heavy atom. The summed E-state index contributed by atoms with van der Waals surface area (Å²) in [4.78, 5) is 0.863. The van der Waals surface area contributed by atoms with Gasteiger partial charge in [0.05, 0.1) is 17.9 Å². The third kappa shape index (κ3) is 4.48. The van der Waals surface area contributed by atoms with E-state index in [9.17, 15) is 4.21 Å². The Labute approximate surface area is 106 Å². The monoisotopic (exact) mass is 255 g/mol. The molecule has 0 heterocycles. The van der Waals surface area contributed by atoms with Gasteiger partial charge in [-0.2, -0.15) is 0 Å².